The number of hydrogen-bond acceptors (Lipinski definition) is 4. The summed E-state index contributed by atoms with van der Waals surface area (Å²) < 4.78 is 28.4. The number of fused-ring (bicyclic) bond motifs is 1. The van der Waals surface area contributed by atoms with Crippen molar-refractivity contribution >= 4 is 26.7 Å². The van der Waals surface area contributed by atoms with Crippen LogP contribution in [0.15, 0.2) is 59.8 Å². The van der Waals surface area contributed by atoms with Crippen molar-refractivity contribution in [2.24, 2.45) is 7.05 Å². The Morgan fingerprint density at radius 1 is 1.11 bits per heavy atom. The Kier molecular flexibility index (Phi) is 5.29. The van der Waals surface area contributed by atoms with Crippen LogP contribution in [0.5, 0.6) is 0 Å². The molecule has 0 radical (unpaired) electrons. The summed E-state index contributed by atoms with van der Waals surface area (Å²) in [5, 5.41) is 5.87. The third-order valence-electron chi connectivity index (χ3n) is 4.39. The number of aromatic nitrogens is 2. The quantitative estimate of drug-likeness (QED) is 0.648. The van der Waals surface area contributed by atoms with Crippen LogP contribution in [-0.4, -0.2) is 54.0 Å². The van der Waals surface area contributed by atoms with E-state index in [1.54, 1.807) is 43.2 Å². The molecule has 0 unspecified atom stereocenters. The van der Waals surface area contributed by atoms with Gasteiger partial charge in [0.05, 0.1) is 17.6 Å². The smallest absolute Gasteiger partial charge is 0.243 e. The number of likely N-dealkylation sites (N-methyl/N-ethyl adjacent to an activating group) is 2. The predicted octanol–water partition coefficient (Wildman–Crippen LogP) is 1.85. The lowest BCUT2D eigenvalue weighted by atomic mass is 10.1. The number of sulfonamides is 1. The minimum Gasteiger partial charge on any atom is -0.340 e. The van der Waals surface area contributed by atoms with Crippen LogP contribution in [0.25, 0.3) is 10.8 Å². The molecule has 27 heavy (non-hydrogen) atoms. The molecule has 3 aromatic rings. The van der Waals surface area contributed by atoms with Crippen LogP contribution in [-0.2, 0) is 28.4 Å². The summed E-state index contributed by atoms with van der Waals surface area (Å²) in [4.78, 5) is 14.1. The highest BCUT2D eigenvalue weighted by atomic mass is 32.2. The van der Waals surface area contributed by atoms with Crippen molar-refractivity contribution in [3.8, 4) is 0 Å². The van der Waals surface area contributed by atoms with Crippen molar-refractivity contribution < 1.29 is 13.2 Å². The molecule has 0 aliphatic carbocycles. The van der Waals surface area contributed by atoms with Crippen molar-refractivity contribution in [3.63, 3.8) is 0 Å². The summed E-state index contributed by atoms with van der Waals surface area (Å²) in [6.45, 7) is 0.141. The molecule has 0 bridgehead atoms. The van der Waals surface area contributed by atoms with Gasteiger partial charge in [-0.2, -0.15) is 9.40 Å². The van der Waals surface area contributed by atoms with E-state index in [0.717, 1.165) is 20.6 Å². The number of rotatable bonds is 6. The fourth-order valence-electron chi connectivity index (χ4n) is 2.82. The second-order valence-corrected chi connectivity index (χ2v) is 8.59. The molecule has 142 valence electrons. The maximum Gasteiger partial charge on any atom is 0.243 e. The first-order valence-corrected chi connectivity index (χ1v) is 9.88. The Balaban J connectivity index is 1.72. The highest BCUT2D eigenvalue weighted by molar-refractivity contribution is 7.89. The number of carbonyl (C=O) groups excluding carboxylic acids is 1. The van der Waals surface area contributed by atoms with Gasteiger partial charge in [0.1, 0.15) is 0 Å². The number of carbonyl (C=O) groups is 1. The van der Waals surface area contributed by atoms with Crippen LogP contribution in [0, 0.1) is 0 Å². The molecule has 1 amide bonds. The summed E-state index contributed by atoms with van der Waals surface area (Å²) in [7, 11) is 1.10. The fraction of sp³-hybridized carbons (Fsp3) is 0.263. The Morgan fingerprint density at radius 3 is 2.48 bits per heavy atom. The van der Waals surface area contributed by atoms with Gasteiger partial charge < -0.3 is 4.90 Å². The average Bonchev–Trinajstić information content (AvgIpc) is 3.05. The van der Waals surface area contributed by atoms with Gasteiger partial charge >= 0.3 is 0 Å². The number of amides is 1. The lowest BCUT2D eigenvalue weighted by Gasteiger charge is -2.21. The number of hydrogen-bond donors (Lipinski definition) is 0. The van der Waals surface area contributed by atoms with Crippen molar-refractivity contribution in [3.05, 3.63) is 60.4 Å². The summed E-state index contributed by atoms with van der Waals surface area (Å²) in [6.07, 6.45) is 3.50. The van der Waals surface area contributed by atoms with E-state index in [4.69, 9.17) is 0 Å². The first-order chi connectivity index (χ1) is 12.8. The van der Waals surface area contributed by atoms with E-state index in [0.29, 0.717) is 6.54 Å². The minimum absolute atomic E-state index is 0.173. The zero-order chi connectivity index (χ0) is 19.6. The van der Waals surface area contributed by atoms with Crippen LogP contribution in [0.2, 0.25) is 0 Å². The Morgan fingerprint density at radius 2 is 1.81 bits per heavy atom. The molecule has 0 aliphatic rings. The second-order valence-electron chi connectivity index (χ2n) is 6.54. The van der Waals surface area contributed by atoms with Gasteiger partial charge in [-0.15, -0.1) is 0 Å². The van der Waals surface area contributed by atoms with Gasteiger partial charge in [0.2, 0.25) is 15.9 Å². The molecule has 0 atom stereocenters. The monoisotopic (exact) mass is 386 g/mol. The molecule has 0 fully saturated rings. The molecule has 1 aromatic heterocycles. The first-order valence-electron chi connectivity index (χ1n) is 8.44. The Labute approximate surface area is 158 Å². The lowest BCUT2D eigenvalue weighted by Crippen LogP contribution is -2.39. The molecule has 0 saturated carbocycles. The average molecular weight is 386 g/mol. The molecule has 2 aromatic carbocycles. The molecule has 8 heteroatoms. The molecule has 0 spiro atoms. The van der Waals surface area contributed by atoms with E-state index in [1.165, 1.54) is 11.9 Å². The topological polar surface area (TPSA) is 75.5 Å². The third-order valence-corrected chi connectivity index (χ3v) is 6.19. The van der Waals surface area contributed by atoms with E-state index in [9.17, 15) is 13.2 Å². The predicted molar refractivity (Wildman–Crippen MR) is 103 cm³/mol. The zero-order valence-corrected chi connectivity index (χ0v) is 16.3. The standard InChI is InChI=1S/C19H22N4O3S/c1-21(12-15-11-20-22(2)13-15)19(24)14-23(3)27(25,26)18-9-8-16-6-4-5-7-17(16)10-18/h4-11,13H,12,14H2,1-3H3. The van der Waals surface area contributed by atoms with Crippen LogP contribution in [0.1, 0.15) is 5.56 Å². The summed E-state index contributed by atoms with van der Waals surface area (Å²) in [5.74, 6) is -0.286. The van der Waals surface area contributed by atoms with E-state index in [2.05, 4.69) is 5.10 Å². The molecule has 1 heterocycles. The van der Waals surface area contributed by atoms with Gasteiger partial charge in [0.25, 0.3) is 0 Å². The van der Waals surface area contributed by atoms with Crippen molar-refractivity contribution in [2.75, 3.05) is 20.6 Å². The van der Waals surface area contributed by atoms with Gasteiger partial charge in [-0.1, -0.05) is 30.3 Å². The SMILES string of the molecule is CN(Cc1cnn(C)c1)C(=O)CN(C)S(=O)(=O)c1ccc2ccccc2c1. The van der Waals surface area contributed by atoms with Gasteiger partial charge in [-0.3, -0.25) is 9.48 Å². The Bertz CT molecular complexity index is 1080. The fourth-order valence-corrected chi connectivity index (χ4v) is 3.98. The largest absolute Gasteiger partial charge is 0.340 e. The number of nitrogens with zero attached hydrogens (tertiary/aromatic N) is 4. The molecule has 3 rings (SSSR count). The van der Waals surface area contributed by atoms with Gasteiger partial charge in [-0.05, 0) is 22.9 Å². The lowest BCUT2D eigenvalue weighted by molar-refractivity contribution is -0.130. The first kappa shape index (κ1) is 19.1. The van der Waals surface area contributed by atoms with Crippen molar-refractivity contribution in [1.29, 1.82) is 0 Å². The zero-order valence-electron chi connectivity index (χ0n) is 15.5. The van der Waals surface area contributed by atoms with Crippen LogP contribution in [0.3, 0.4) is 0 Å². The summed E-state index contributed by atoms with van der Waals surface area (Å²) >= 11 is 0. The van der Waals surface area contributed by atoms with Crippen LogP contribution in [0.4, 0.5) is 0 Å². The van der Waals surface area contributed by atoms with Gasteiger partial charge in [0, 0.05) is 39.4 Å². The van der Waals surface area contributed by atoms with Crippen LogP contribution >= 0.6 is 0 Å². The van der Waals surface area contributed by atoms with Gasteiger partial charge in [-0.25, -0.2) is 8.42 Å². The minimum atomic E-state index is -3.76. The maximum atomic E-state index is 12.8. The van der Waals surface area contributed by atoms with Gasteiger partial charge in [0.15, 0.2) is 0 Å². The second kappa shape index (κ2) is 7.50. The number of benzene rings is 2. The molecule has 0 saturated heterocycles. The maximum absolute atomic E-state index is 12.8. The van der Waals surface area contributed by atoms with Crippen molar-refractivity contribution in [2.45, 2.75) is 11.4 Å². The molecule has 0 aliphatic heterocycles. The molecular weight excluding hydrogens is 364 g/mol. The molecule has 7 nitrogen and oxygen atoms in total. The number of aryl methyl sites for hydroxylation is 1. The summed E-state index contributed by atoms with van der Waals surface area (Å²) in [5.41, 5.74) is 0.883. The van der Waals surface area contributed by atoms with E-state index in [1.807, 2.05) is 30.5 Å². The van der Waals surface area contributed by atoms with Crippen molar-refractivity contribution in [1.82, 2.24) is 19.0 Å². The highest BCUT2D eigenvalue weighted by Gasteiger charge is 2.24. The van der Waals surface area contributed by atoms with E-state index < -0.39 is 10.0 Å². The van der Waals surface area contributed by atoms with E-state index >= 15 is 0 Å². The third kappa shape index (κ3) is 4.17. The van der Waals surface area contributed by atoms with Crippen LogP contribution < -0.4 is 0 Å². The highest BCUT2D eigenvalue weighted by Crippen LogP contribution is 2.21. The normalized spacial score (nSPS) is 11.9. The summed E-state index contributed by atoms with van der Waals surface area (Å²) in [6, 6.07) is 12.5. The molecule has 0 N–H and O–H groups in total. The van der Waals surface area contributed by atoms with E-state index in [-0.39, 0.29) is 17.3 Å². The Hall–Kier alpha value is -2.71. The molecular formula is C19H22N4O3S.